The van der Waals surface area contributed by atoms with Gasteiger partial charge < -0.3 is 33.8 Å². The number of unbranched alkanes of at least 4 members (excludes halogenated alkanes) is 44. The maximum absolute atomic E-state index is 13.1. The first kappa shape index (κ1) is 97.1. The van der Waals surface area contributed by atoms with Gasteiger partial charge in [-0.15, -0.1) is 0 Å². The van der Waals surface area contributed by atoms with Gasteiger partial charge in [-0.3, -0.25) is 37.3 Å². The van der Waals surface area contributed by atoms with E-state index in [2.05, 4.69) is 48.5 Å². The second-order valence-corrected chi connectivity index (χ2v) is 32.7. The Hall–Kier alpha value is -1.94. The summed E-state index contributed by atoms with van der Waals surface area (Å²) >= 11 is 0. The van der Waals surface area contributed by atoms with Gasteiger partial charge in [0, 0.05) is 25.7 Å². The molecule has 0 aromatic rings. The second kappa shape index (κ2) is 70.4. The van der Waals surface area contributed by atoms with Crippen LogP contribution in [0.5, 0.6) is 0 Å². The van der Waals surface area contributed by atoms with Crippen molar-refractivity contribution in [2.45, 2.75) is 433 Å². The van der Waals surface area contributed by atoms with E-state index in [0.29, 0.717) is 31.6 Å². The molecule has 0 fully saturated rings. The number of carbonyl (C=O) groups is 4. The van der Waals surface area contributed by atoms with Crippen LogP contribution in [0.4, 0.5) is 0 Å². The summed E-state index contributed by atoms with van der Waals surface area (Å²) in [6.45, 7) is 11.9. The second-order valence-electron chi connectivity index (χ2n) is 29.8. The van der Waals surface area contributed by atoms with E-state index in [-0.39, 0.29) is 25.7 Å². The Morgan fingerprint density at radius 3 is 0.768 bits per heavy atom. The fourth-order valence-corrected chi connectivity index (χ4v) is 13.8. The number of aliphatic hydroxyl groups excluding tert-OH is 1. The molecule has 0 saturated heterocycles. The van der Waals surface area contributed by atoms with Crippen LogP contribution in [0.25, 0.3) is 0 Å². The van der Waals surface area contributed by atoms with Crippen molar-refractivity contribution in [2.75, 3.05) is 39.6 Å². The van der Waals surface area contributed by atoms with Crippen LogP contribution in [0.2, 0.25) is 0 Å². The molecule has 0 aromatic heterocycles. The van der Waals surface area contributed by atoms with Crippen molar-refractivity contribution in [3.8, 4) is 0 Å². The van der Waals surface area contributed by atoms with Gasteiger partial charge in [-0.25, -0.2) is 9.13 Å². The SMILES string of the molecule is CCCCCCCCCCCCCCCCCCCCCCCCC(=O)O[C@H](COC(=O)CCCCCCCCCCCCC(C)CC)COP(=O)(O)OC[C@@H](O)COP(=O)(O)OC[C@@H](COC(=O)CCCCCCCCC(C)C)OC(=O)CCCCCCCCCCCCC(C)CC. The fraction of sp³-hybridized carbons (Fsp3) is 0.950. The molecule has 0 rings (SSSR count). The molecular weight excluding hydrogens is 1290 g/mol. The summed E-state index contributed by atoms with van der Waals surface area (Å²) in [6.07, 6.45) is 58.5. The van der Waals surface area contributed by atoms with Crippen LogP contribution >= 0.6 is 15.6 Å². The Balaban J connectivity index is 5.20. The largest absolute Gasteiger partial charge is 0.472 e. The molecule has 0 radical (unpaired) electrons. The highest BCUT2D eigenvalue weighted by atomic mass is 31.2. The zero-order valence-electron chi connectivity index (χ0n) is 65.0. The molecule has 588 valence electrons. The molecule has 0 heterocycles. The van der Waals surface area contributed by atoms with Gasteiger partial charge in [-0.05, 0) is 43.4 Å². The topological polar surface area (TPSA) is 237 Å². The summed E-state index contributed by atoms with van der Waals surface area (Å²) in [7, 11) is -9.92. The summed E-state index contributed by atoms with van der Waals surface area (Å²) in [5.41, 5.74) is 0. The van der Waals surface area contributed by atoms with Gasteiger partial charge in [0.25, 0.3) is 0 Å². The lowest BCUT2D eigenvalue weighted by Gasteiger charge is -2.21. The molecule has 17 nitrogen and oxygen atoms in total. The van der Waals surface area contributed by atoms with Crippen molar-refractivity contribution in [3.05, 3.63) is 0 Å². The summed E-state index contributed by atoms with van der Waals surface area (Å²) in [5.74, 6) is 0.175. The molecule has 0 aliphatic carbocycles. The van der Waals surface area contributed by atoms with Gasteiger partial charge in [0.1, 0.15) is 19.3 Å². The first-order valence-corrected chi connectivity index (χ1v) is 44.4. The Morgan fingerprint density at radius 1 is 0.293 bits per heavy atom. The number of rotatable bonds is 78. The number of phosphoric acid groups is 2. The maximum atomic E-state index is 13.1. The molecule has 0 saturated carbocycles. The quantitative estimate of drug-likeness (QED) is 0.0222. The highest BCUT2D eigenvalue weighted by molar-refractivity contribution is 7.47. The third kappa shape index (κ3) is 71.5. The number of phosphoric ester groups is 2. The van der Waals surface area contributed by atoms with Crippen molar-refractivity contribution in [2.24, 2.45) is 17.8 Å². The predicted molar refractivity (Wildman–Crippen MR) is 405 cm³/mol. The van der Waals surface area contributed by atoms with Crippen LogP contribution < -0.4 is 0 Å². The van der Waals surface area contributed by atoms with Gasteiger partial charge >= 0.3 is 39.5 Å². The highest BCUT2D eigenvalue weighted by Crippen LogP contribution is 2.45. The molecule has 7 atom stereocenters. The number of esters is 4. The smallest absolute Gasteiger partial charge is 0.462 e. The Morgan fingerprint density at radius 2 is 0.515 bits per heavy atom. The van der Waals surface area contributed by atoms with E-state index < -0.39 is 97.5 Å². The van der Waals surface area contributed by atoms with Crippen LogP contribution in [-0.2, 0) is 65.4 Å². The first-order valence-electron chi connectivity index (χ1n) is 41.4. The lowest BCUT2D eigenvalue weighted by molar-refractivity contribution is -0.161. The van der Waals surface area contributed by atoms with Crippen LogP contribution in [0.15, 0.2) is 0 Å². The molecule has 0 spiro atoms. The minimum atomic E-state index is -4.96. The van der Waals surface area contributed by atoms with Crippen molar-refractivity contribution >= 4 is 39.5 Å². The van der Waals surface area contributed by atoms with Gasteiger partial charge in [0.2, 0.25) is 0 Å². The van der Waals surface area contributed by atoms with Crippen LogP contribution in [0.1, 0.15) is 414 Å². The van der Waals surface area contributed by atoms with Crippen LogP contribution in [0.3, 0.4) is 0 Å². The van der Waals surface area contributed by atoms with E-state index in [9.17, 15) is 43.2 Å². The predicted octanol–water partition coefficient (Wildman–Crippen LogP) is 23.7. The van der Waals surface area contributed by atoms with Crippen molar-refractivity contribution in [1.82, 2.24) is 0 Å². The molecule has 99 heavy (non-hydrogen) atoms. The van der Waals surface area contributed by atoms with E-state index in [1.165, 1.54) is 218 Å². The standard InChI is InChI=1S/C80H156O17P2/c1-8-11-12-13-14-15-16-17-18-19-20-21-22-23-24-25-26-27-35-40-49-56-63-79(84)96-75(67-90-77(82)61-54-47-39-34-30-28-32-37-45-52-59-72(6)9-2)69-94-98(86,87)92-65-74(81)66-93-99(88,89)95-70-76(68-91-78(83)62-55-48-43-42-44-51-58-71(4)5)97-80(85)64-57-50-41-36-31-29-33-38-46-53-60-73(7)10-3/h71-76,81H,8-70H2,1-7H3,(H,86,87)(H,88,89)/t72?,73?,74-,75-,76-/m1/s1. The minimum absolute atomic E-state index is 0.105. The molecule has 0 aliphatic heterocycles. The number of carbonyl (C=O) groups excluding carboxylic acids is 4. The summed E-state index contributed by atoms with van der Waals surface area (Å²) in [5, 5.41) is 10.6. The van der Waals surface area contributed by atoms with Gasteiger partial charge in [0.05, 0.1) is 26.4 Å². The first-order chi connectivity index (χ1) is 47.8. The molecule has 0 amide bonds. The Kier molecular flexibility index (Phi) is 69.0. The monoisotopic (exact) mass is 1450 g/mol. The van der Waals surface area contributed by atoms with Crippen LogP contribution in [0, 0.1) is 17.8 Å². The van der Waals surface area contributed by atoms with Gasteiger partial charge in [-0.1, -0.05) is 363 Å². The highest BCUT2D eigenvalue weighted by Gasteiger charge is 2.30. The Bertz CT molecular complexity index is 1930. The molecule has 19 heteroatoms. The summed E-state index contributed by atoms with van der Waals surface area (Å²) < 4.78 is 68.6. The van der Waals surface area contributed by atoms with E-state index in [1.807, 2.05) is 0 Å². The molecule has 0 aliphatic rings. The summed E-state index contributed by atoms with van der Waals surface area (Å²) in [6, 6.07) is 0. The third-order valence-electron chi connectivity index (χ3n) is 19.4. The number of ether oxygens (including phenoxy) is 4. The normalized spacial score (nSPS) is 14.5. The van der Waals surface area contributed by atoms with Crippen molar-refractivity contribution in [3.63, 3.8) is 0 Å². The maximum Gasteiger partial charge on any atom is 0.472 e. The van der Waals surface area contributed by atoms with E-state index >= 15 is 0 Å². The average molecular weight is 1450 g/mol. The van der Waals surface area contributed by atoms with Crippen molar-refractivity contribution < 1.29 is 80.2 Å². The van der Waals surface area contributed by atoms with Crippen LogP contribution in [-0.4, -0.2) is 96.7 Å². The molecule has 0 bridgehead atoms. The molecule has 0 aromatic carbocycles. The van der Waals surface area contributed by atoms with Crippen molar-refractivity contribution in [1.29, 1.82) is 0 Å². The zero-order chi connectivity index (χ0) is 73.0. The van der Waals surface area contributed by atoms with E-state index in [4.69, 9.17) is 37.0 Å². The molecular formula is C80H156O17P2. The lowest BCUT2D eigenvalue weighted by Crippen LogP contribution is -2.30. The minimum Gasteiger partial charge on any atom is -0.462 e. The molecule has 3 N–H and O–H groups in total. The van der Waals surface area contributed by atoms with Gasteiger partial charge in [-0.2, -0.15) is 0 Å². The summed E-state index contributed by atoms with van der Waals surface area (Å²) in [4.78, 5) is 72.9. The zero-order valence-corrected chi connectivity index (χ0v) is 66.8. The number of aliphatic hydroxyl groups is 1. The lowest BCUT2D eigenvalue weighted by atomic mass is 9.99. The fourth-order valence-electron chi connectivity index (χ4n) is 12.2. The number of hydrogen-bond acceptors (Lipinski definition) is 15. The average Bonchev–Trinajstić information content (AvgIpc) is 1.12. The van der Waals surface area contributed by atoms with E-state index in [0.717, 1.165) is 108 Å². The number of hydrogen-bond donors (Lipinski definition) is 3. The third-order valence-corrected chi connectivity index (χ3v) is 21.3. The Labute approximate surface area is 607 Å². The van der Waals surface area contributed by atoms with E-state index in [1.54, 1.807) is 0 Å². The van der Waals surface area contributed by atoms with Gasteiger partial charge in [0.15, 0.2) is 12.2 Å². The molecule has 4 unspecified atom stereocenters.